The molecule has 7 nitrogen and oxygen atoms in total. The molecule has 1 saturated carbocycles. The molecule has 35 heavy (non-hydrogen) atoms. The summed E-state index contributed by atoms with van der Waals surface area (Å²) >= 11 is 6.03. The maximum atomic E-state index is 13.4. The third-order valence-corrected chi connectivity index (χ3v) is 7.31. The van der Waals surface area contributed by atoms with Crippen LogP contribution in [0.15, 0.2) is 48.5 Å². The van der Waals surface area contributed by atoms with Crippen molar-refractivity contribution in [1.29, 1.82) is 0 Å². The second kappa shape index (κ2) is 12.3. The standard InChI is InChI=1S/C27H35ClN4O3/c1-35-24-12-5-4-7-20(24)13-14-29-26(33)25(21-8-2-3-9-21)31-15-17-32(18-16-31)27(34)30-23-11-6-10-22(28)19-23/h4-7,10-12,19,21,25H,2-3,8-9,13-18H2,1H3,(H,29,33)(H,30,34)/t25-/m1/s1. The van der Waals surface area contributed by atoms with E-state index in [1.807, 2.05) is 41.3 Å². The molecule has 1 heterocycles. The molecule has 4 rings (SSSR count). The van der Waals surface area contributed by atoms with E-state index in [1.165, 1.54) is 12.8 Å². The topological polar surface area (TPSA) is 73.9 Å². The third-order valence-electron chi connectivity index (χ3n) is 7.07. The third kappa shape index (κ3) is 6.67. The lowest BCUT2D eigenvalue weighted by Gasteiger charge is -2.40. The van der Waals surface area contributed by atoms with Gasteiger partial charge in [0.2, 0.25) is 5.91 Å². The summed E-state index contributed by atoms with van der Waals surface area (Å²) < 4.78 is 5.43. The van der Waals surface area contributed by atoms with E-state index in [9.17, 15) is 9.59 Å². The maximum absolute atomic E-state index is 13.4. The average molecular weight is 499 g/mol. The fourth-order valence-electron chi connectivity index (χ4n) is 5.26. The number of urea groups is 1. The molecule has 2 aromatic carbocycles. The van der Waals surface area contributed by atoms with Gasteiger partial charge in [-0.25, -0.2) is 4.79 Å². The molecule has 0 radical (unpaired) electrons. The molecule has 2 fully saturated rings. The fourth-order valence-corrected chi connectivity index (χ4v) is 5.45. The van der Waals surface area contributed by atoms with E-state index < -0.39 is 0 Å². The van der Waals surface area contributed by atoms with E-state index in [0.29, 0.717) is 49.4 Å². The van der Waals surface area contributed by atoms with Crippen LogP contribution in [-0.4, -0.2) is 67.6 Å². The van der Waals surface area contributed by atoms with Crippen LogP contribution in [0.25, 0.3) is 0 Å². The number of methoxy groups -OCH3 is 1. The van der Waals surface area contributed by atoms with Crippen LogP contribution in [0, 0.1) is 5.92 Å². The maximum Gasteiger partial charge on any atom is 0.321 e. The van der Waals surface area contributed by atoms with Crippen molar-refractivity contribution in [2.75, 3.05) is 45.2 Å². The van der Waals surface area contributed by atoms with Crippen molar-refractivity contribution in [3.05, 3.63) is 59.1 Å². The Morgan fingerprint density at radius 1 is 1.06 bits per heavy atom. The summed E-state index contributed by atoms with van der Waals surface area (Å²) in [6.45, 7) is 3.12. The minimum atomic E-state index is -0.145. The number of amides is 3. The smallest absolute Gasteiger partial charge is 0.321 e. The first-order valence-electron chi connectivity index (χ1n) is 12.5. The number of halogens is 1. The molecule has 1 atom stereocenters. The van der Waals surface area contributed by atoms with Gasteiger partial charge in [0.1, 0.15) is 5.75 Å². The number of para-hydroxylation sites is 1. The van der Waals surface area contributed by atoms with Gasteiger partial charge in [0.25, 0.3) is 0 Å². The average Bonchev–Trinajstić information content (AvgIpc) is 3.39. The van der Waals surface area contributed by atoms with E-state index in [1.54, 1.807) is 19.2 Å². The van der Waals surface area contributed by atoms with Gasteiger partial charge in [0.05, 0.1) is 13.2 Å². The number of carbonyl (C=O) groups is 2. The Hall–Kier alpha value is -2.77. The second-order valence-electron chi connectivity index (χ2n) is 9.31. The number of ether oxygens (including phenoxy) is 1. The Labute approximate surface area is 212 Å². The van der Waals surface area contributed by atoms with Crippen molar-refractivity contribution < 1.29 is 14.3 Å². The van der Waals surface area contributed by atoms with Crippen LogP contribution in [0.4, 0.5) is 10.5 Å². The summed E-state index contributed by atoms with van der Waals surface area (Å²) in [6.07, 6.45) is 5.25. The van der Waals surface area contributed by atoms with Crippen molar-refractivity contribution >= 4 is 29.2 Å². The fraction of sp³-hybridized carbons (Fsp3) is 0.481. The number of nitrogens with zero attached hydrogens (tertiary/aromatic N) is 2. The van der Waals surface area contributed by atoms with Crippen LogP contribution in [0.1, 0.15) is 31.2 Å². The first-order valence-corrected chi connectivity index (χ1v) is 12.9. The quantitative estimate of drug-likeness (QED) is 0.565. The summed E-state index contributed by atoms with van der Waals surface area (Å²) in [5.74, 6) is 1.32. The minimum absolute atomic E-state index is 0.101. The van der Waals surface area contributed by atoms with Gasteiger partial charge in [-0.15, -0.1) is 0 Å². The Morgan fingerprint density at radius 2 is 1.80 bits per heavy atom. The Morgan fingerprint density at radius 3 is 2.51 bits per heavy atom. The summed E-state index contributed by atoms with van der Waals surface area (Å²) in [7, 11) is 1.67. The van der Waals surface area contributed by atoms with Crippen molar-refractivity contribution in [2.45, 2.75) is 38.1 Å². The lowest BCUT2D eigenvalue weighted by molar-refractivity contribution is -0.129. The van der Waals surface area contributed by atoms with E-state index in [2.05, 4.69) is 15.5 Å². The molecule has 2 N–H and O–H groups in total. The second-order valence-corrected chi connectivity index (χ2v) is 9.74. The van der Waals surface area contributed by atoms with E-state index >= 15 is 0 Å². The van der Waals surface area contributed by atoms with E-state index in [-0.39, 0.29) is 18.0 Å². The zero-order valence-corrected chi connectivity index (χ0v) is 21.1. The molecular weight excluding hydrogens is 464 g/mol. The van der Waals surface area contributed by atoms with Gasteiger partial charge in [-0.2, -0.15) is 0 Å². The number of anilines is 1. The van der Waals surface area contributed by atoms with Crippen molar-refractivity contribution in [3.63, 3.8) is 0 Å². The largest absolute Gasteiger partial charge is 0.496 e. The van der Waals surface area contributed by atoms with Crippen LogP contribution in [0.5, 0.6) is 5.75 Å². The van der Waals surface area contributed by atoms with Gasteiger partial charge in [-0.3, -0.25) is 9.69 Å². The monoisotopic (exact) mass is 498 g/mol. The highest BCUT2D eigenvalue weighted by atomic mass is 35.5. The van der Waals surface area contributed by atoms with Crippen LogP contribution in [0.2, 0.25) is 5.02 Å². The number of piperazine rings is 1. The molecule has 1 saturated heterocycles. The van der Waals surface area contributed by atoms with E-state index in [0.717, 1.165) is 30.6 Å². The molecule has 0 aromatic heterocycles. The highest BCUT2D eigenvalue weighted by Gasteiger charge is 2.37. The predicted molar refractivity (Wildman–Crippen MR) is 139 cm³/mol. The molecule has 1 aliphatic carbocycles. The first-order chi connectivity index (χ1) is 17.0. The SMILES string of the molecule is COc1ccccc1CCNC(=O)[C@@H](C1CCCC1)N1CCN(C(=O)Nc2cccc(Cl)c2)CC1. The molecule has 8 heteroatoms. The highest BCUT2D eigenvalue weighted by molar-refractivity contribution is 6.30. The number of nitrogens with one attached hydrogen (secondary N) is 2. The molecule has 188 valence electrons. The number of hydrogen-bond acceptors (Lipinski definition) is 4. The van der Waals surface area contributed by atoms with Gasteiger partial charge < -0.3 is 20.3 Å². The predicted octanol–water partition coefficient (Wildman–Crippen LogP) is 4.42. The van der Waals surface area contributed by atoms with Crippen LogP contribution < -0.4 is 15.4 Å². The summed E-state index contributed by atoms with van der Waals surface area (Å²) in [5, 5.41) is 6.70. The minimum Gasteiger partial charge on any atom is -0.496 e. The van der Waals surface area contributed by atoms with Gasteiger partial charge in [-0.1, -0.05) is 48.7 Å². The molecule has 2 aromatic rings. The molecule has 0 bridgehead atoms. The lowest BCUT2D eigenvalue weighted by Crippen LogP contribution is -2.58. The molecular formula is C27H35ClN4O3. The zero-order chi connectivity index (χ0) is 24.6. The number of rotatable bonds is 8. The summed E-state index contributed by atoms with van der Waals surface area (Å²) in [5.41, 5.74) is 1.77. The summed E-state index contributed by atoms with van der Waals surface area (Å²) in [4.78, 5) is 30.2. The van der Waals surface area contributed by atoms with Gasteiger partial charge in [-0.05, 0) is 55.0 Å². The molecule has 1 aliphatic heterocycles. The molecule has 3 amide bonds. The van der Waals surface area contributed by atoms with Gasteiger partial charge in [0, 0.05) is 43.4 Å². The molecule has 0 spiro atoms. The first kappa shape index (κ1) is 25.3. The van der Waals surface area contributed by atoms with Gasteiger partial charge >= 0.3 is 6.03 Å². The lowest BCUT2D eigenvalue weighted by atomic mass is 9.95. The number of benzene rings is 2. The Balaban J connectivity index is 1.32. The normalized spacial score (nSPS) is 17.7. The molecule has 0 unspecified atom stereocenters. The number of hydrogen-bond donors (Lipinski definition) is 2. The van der Waals surface area contributed by atoms with E-state index in [4.69, 9.17) is 16.3 Å². The van der Waals surface area contributed by atoms with Gasteiger partial charge in [0.15, 0.2) is 0 Å². The highest BCUT2D eigenvalue weighted by Crippen LogP contribution is 2.31. The van der Waals surface area contributed by atoms with Crippen molar-refractivity contribution in [2.24, 2.45) is 5.92 Å². The van der Waals surface area contributed by atoms with Crippen LogP contribution in [-0.2, 0) is 11.2 Å². The van der Waals surface area contributed by atoms with Crippen LogP contribution in [0.3, 0.4) is 0 Å². The Kier molecular flexibility index (Phi) is 8.88. The zero-order valence-electron chi connectivity index (χ0n) is 20.3. The summed E-state index contributed by atoms with van der Waals surface area (Å²) in [6, 6.07) is 14.8. The Bertz CT molecular complexity index is 1000. The molecule has 2 aliphatic rings. The van der Waals surface area contributed by atoms with Crippen molar-refractivity contribution in [3.8, 4) is 5.75 Å². The number of carbonyl (C=O) groups excluding carboxylic acids is 2. The van der Waals surface area contributed by atoms with Crippen molar-refractivity contribution in [1.82, 2.24) is 15.1 Å². The van der Waals surface area contributed by atoms with Crippen LogP contribution >= 0.6 is 11.6 Å².